The van der Waals surface area contributed by atoms with Crippen molar-refractivity contribution in [1.29, 1.82) is 0 Å². The second-order valence-corrected chi connectivity index (χ2v) is 6.15. The van der Waals surface area contributed by atoms with E-state index in [0.29, 0.717) is 6.04 Å². The molecule has 2 aliphatic rings. The third-order valence-corrected chi connectivity index (χ3v) is 5.09. The van der Waals surface area contributed by atoms with Crippen molar-refractivity contribution in [2.75, 3.05) is 33.2 Å². The lowest BCUT2D eigenvalue weighted by molar-refractivity contribution is -0.139. The molecule has 0 spiro atoms. The number of likely N-dealkylation sites (tertiary alicyclic amines) is 2. The molecule has 0 amide bonds. The summed E-state index contributed by atoms with van der Waals surface area (Å²) in [7, 11) is 2.17. The fourth-order valence-electron chi connectivity index (χ4n) is 4.01. The molecular formula is C16H22N2O2. The Morgan fingerprint density at radius 2 is 2.00 bits per heavy atom. The molecule has 1 N–H and O–H groups in total. The molecular weight excluding hydrogens is 252 g/mol. The van der Waals surface area contributed by atoms with Crippen molar-refractivity contribution < 1.29 is 9.90 Å². The van der Waals surface area contributed by atoms with Gasteiger partial charge in [0.15, 0.2) is 0 Å². The Balaban J connectivity index is 1.86. The molecule has 3 rings (SSSR count). The number of hydrogen-bond donors (Lipinski definition) is 1. The number of rotatable bonds is 3. The Labute approximate surface area is 120 Å². The summed E-state index contributed by atoms with van der Waals surface area (Å²) in [6.07, 6.45) is 2.23. The molecule has 2 saturated heterocycles. The van der Waals surface area contributed by atoms with Gasteiger partial charge < -0.3 is 10.0 Å². The third kappa shape index (κ3) is 2.23. The maximum Gasteiger partial charge on any atom is 0.317 e. The van der Waals surface area contributed by atoms with Gasteiger partial charge in [0.05, 0.1) is 6.54 Å². The minimum atomic E-state index is -0.724. The van der Waals surface area contributed by atoms with Crippen LogP contribution in [0.2, 0.25) is 0 Å². The van der Waals surface area contributed by atoms with Gasteiger partial charge in [-0.25, -0.2) is 0 Å². The van der Waals surface area contributed by atoms with Gasteiger partial charge in [-0.3, -0.25) is 9.69 Å². The highest BCUT2D eigenvalue weighted by Gasteiger charge is 2.49. The third-order valence-electron chi connectivity index (χ3n) is 5.09. The molecule has 20 heavy (non-hydrogen) atoms. The average molecular weight is 274 g/mol. The summed E-state index contributed by atoms with van der Waals surface area (Å²) < 4.78 is 0. The quantitative estimate of drug-likeness (QED) is 0.905. The van der Waals surface area contributed by atoms with Crippen molar-refractivity contribution in [3.8, 4) is 0 Å². The van der Waals surface area contributed by atoms with Gasteiger partial charge in [-0.05, 0) is 38.5 Å². The summed E-state index contributed by atoms with van der Waals surface area (Å²) >= 11 is 0. The Morgan fingerprint density at radius 1 is 1.30 bits per heavy atom. The van der Waals surface area contributed by atoms with Gasteiger partial charge in [-0.2, -0.15) is 0 Å². The average Bonchev–Trinajstić information content (AvgIpc) is 2.78. The summed E-state index contributed by atoms with van der Waals surface area (Å²) in [5.74, 6) is -0.724. The van der Waals surface area contributed by atoms with Gasteiger partial charge in [-0.15, -0.1) is 0 Å². The SMILES string of the molecule is CN1CC[C@]2(c3ccccc3)CCN(CC(=O)O)C[C@H]12. The fourth-order valence-corrected chi connectivity index (χ4v) is 4.01. The van der Waals surface area contributed by atoms with E-state index in [0.717, 1.165) is 26.1 Å². The van der Waals surface area contributed by atoms with Crippen LogP contribution in [0, 0.1) is 0 Å². The molecule has 0 unspecified atom stereocenters. The summed E-state index contributed by atoms with van der Waals surface area (Å²) in [5.41, 5.74) is 1.63. The molecule has 108 valence electrons. The van der Waals surface area contributed by atoms with Crippen LogP contribution < -0.4 is 0 Å². The van der Waals surface area contributed by atoms with Gasteiger partial charge in [-0.1, -0.05) is 30.3 Å². The van der Waals surface area contributed by atoms with E-state index in [1.807, 2.05) is 0 Å². The molecule has 1 aromatic rings. The van der Waals surface area contributed by atoms with Crippen molar-refractivity contribution in [1.82, 2.24) is 9.80 Å². The number of nitrogens with zero attached hydrogens (tertiary/aromatic N) is 2. The molecule has 0 radical (unpaired) electrons. The zero-order valence-electron chi connectivity index (χ0n) is 12.0. The lowest BCUT2D eigenvalue weighted by atomic mass is 9.69. The second-order valence-electron chi connectivity index (χ2n) is 6.15. The van der Waals surface area contributed by atoms with E-state index < -0.39 is 5.97 Å². The Kier molecular flexibility index (Phi) is 3.52. The van der Waals surface area contributed by atoms with Crippen molar-refractivity contribution >= 4 is 5.97 Å². The van der Waals surface area contributed by atoms with Crippen molar-refractivity contribution in [2.24, 2.45) is 0 Å². The van der Waals surface area contributed by atoms with Gasteiger partial charge in [0.25, 0.3) is 0 Å². The van der Waals surface area contributed by atoms with Crippen LogP contribution in [0.4, 0.5) is 0 Å². The van der Waals surface area contributed by atoms with Crippen LogP contribution in [0.25, 0.3) is 0 Å². The highest BCUT2D eigenvalue weighted by molar-refractivity contribution is 5.69. The van der Waals surface area contributed by atoms with Crippen LogP contribution in [0.15, 0.2) is 30.3 Å². The minimum Gasteiger partial charge on any atom is -0.480 e. The Hall–Kier alpha value is -1.39. The number of fused-ring (bicyclic) bond motifs is 1. The van der Waals surface area contributed by atoms with Crippen LogP contribution >= 0.6 is 0 Å². The number of benzene rings is 1. The summed E-state index contributed by atoms with van der Waals surface area (Å²) in [6.45, 7) is 3.00. The van der Waals surface area contributed by atoms with E-state index >= 15 is 0 Å². The normalized spacial score (nSPS) is 31.1. The molecule has 2 fully saturated rings. The Bertz CT molecular complexity index is 491. The fraction of sp³-hybridized carbons (Fsp3) is 0.562. The zero-order chi connectivity index (χ0) is 14.2. The number of hydrogen-bond acceptors (Lipinski definition) is 3. The molecule has 0 bridgehead atoms. The molecule has 2 atom stereocenters. The molecule has 4 heteroatoms. The number of likely N-dealkylation sites (N-methyl/N-ethyl adjacent to an activating group) is 1. The highest BCUT2D eigenvalue weighted by atomic mass is 16.4. The number of carbonyl (C=O) groups is 1. The lowest BCUT2D eigenvalue weighted by Gasteiger charge is -2.45. The predicted molar refractivity (Wildman–Crippen MR) is 77.8 cm³/mol. The zero-order valence-corrected chi connectivity index (χ0v) is 12.0. The summed E-state index contributed by atoms with van der Waals surface area (Å²) in [6, 6.07) is 11.2. The molecule has 0 aromatic heterocycles. The van der Waals surface area contributed by atoms with Gasteiger partial charge in [0.1, 0.15) is 0 Å². The van der Waals surface area contributed by atoms with Crippen LogP contribution in [0.1, 0.15) is 18.4 Å². The monoisotopic (exact) mass is 274 g/mol. The van der Waals surface area contributed by atoms with Crippen LogP contribution in [-0.4, -0.2) is 60.1 Å². The summed E-state index contributed by atoms with van der Waals surface area (Å²) in [5, 5.41) is 9.00. The van der Waals surface area contributed by atoms with Gasteiger partial charge in [0.2, 0.25) is 0 Å². The molecule has 0 saturated carbocycles. The molecule has 2 aliphatic heterocycles. The second kappa shape index (κ2) is 5.19. The highest BCUT2D eigenvalue weighted by Crippen LogP contribution is 2.44. The number of aliphatic carboxylic acids is 1. The molecule has 0 aliphatic carbocycles. The van der Waals surface area contributed by atoms with E-state index in [4.69, 9.17) is 5.11 Å². The molecule has 1 aromatic carbocycles. The standard InChI is InChI=1S/C16H22N2O2/c1-17-9-7-16(13-5-3-2-4-6-13)8-10-18(11-14(16)17)12-15(19)20/h2-6,14H,7-12H2,1H3,(H,19,20)/t14-,16+/m0/s1. The number of piperidine rings is 1. The number of carboxylic acids is 1. The first-order valence-electron chi connectivity index (χ1n) is 7.32. The first-order chi connectivity index (χ1) is 9.62. The van der Waals surface area contributed by atoms with E-state index in [1.54, 1.807) is 0 Å². The largest absolute Gasteiger partial charge is 0.480 e. The van der Waals surface area contributed by atoms with Gasteiger partial charge >= 0.3 is 5.97 Å². The first-order valence-corrected chi connectivity index (χ1v) is 7.32. The van der Waals surface area contributed by atoms with Gasteiger partial charge in [0, 0.05) is 18.0 Å². The maximum absolute atomic E-state index is 10.9. The van der Waals surface area contributed by atoms with Crippen LogP contribution in [0.5, 0.6) is 0 Å². The molecule has 2 heterocycles. The molecule has 4 nitrogen and oxygen atoms in total. The lowest BCUT2D eigenvalue weighted by Crippen LogP contribution is -2.55. The smallest absolute Gasteiger partial charge is 0.317 e. The minimum absolute atomic E-state index is 0.162. The van der Waals surface area contributed by atoms with Crippen molar-refractivity contribution in [3.63, 3.8) is 0 Å². The maximum atomic E-state index is 10.9. The number of carboxylic acid groups (broad SMARTS) is 1. The van der Waals surface area contributed by atoms with Crippen molar-refractivity contribution in [2.45, 2.75) is 24.3 Å². The van der Waals surface area contributed by atoms with E-state index in [-0.39, 0.29) is 12.0 Å². The predicted octanol–water partition coefficient (Wildman–Crippen LogP) is 1.42. The van der Waals surface area contributed by atoms with E-state index in [1.165, 1.54) is 12.0 Å². The van der Waals surface area contributed by atoms with E-state index in [9.17, 15) is 4.79 Å². The van der Waals surface area contributed by atoms with Crippen molar-refractivity contribution in [3.05, 3.63) is 35.9 Å². The van der Waals surface area contributed by atoms with Crippen LogP contribution in [0.3, 0.4) is 0 Å². The topological polar surface area (TPSA) is 43.8 Å². The van der Waals surface area contributed by atoms with Crippen LogP contribution in [-0.2, 0) is 10.2 Å². The van der Waals surface area contributed by atoms with E-state index in [2.05, 4.69) is 47.2 Å². The first kappa shape index (κ1) is 13.6. The Morgan fingerprint density at radius 3 is 2.70 bits per heavy atom. The summed E-state index contributed by atoms with van der Waals surface area (Å²) in [4.78, 5) is 15.4.